The third-order valence-corrected chi connectivity index (χ3v) is 6.95. The van der Waals surface area contributed by atoms with Gasteiger partial charge in [0.1, 0.15) is 24.2 Å². The van der Waals surface area contributed by atoms with E-state index in [1.807, 2.05) is 41.1 Å². The van der Waals surface area contributed by atoms with Gasteiger partial charge in [0.25, 0.3) is 0 Å². The van der Waals surface area contributed by atoms with Crippen molar-refractivity contribution in [3.05, 3.63) is 101 Å². The van der Waals surface area contributed by atoms with Gasteiger partial charge in [0, 0.05) is 16.7 Å². The number of methoxy groups -OCH3 is 2. The largest absolute Gasteiger partial charge is 0.493 e. The number of para-hydroxylation sites is 1. The van der Waals surface area contributed by atoms with Gasteiger partial charge in [-0.05, 0) is 41.3 Å². The number of nitrogens with zero attached hydrogens (tertiary/aromatic N) is 3. The van der Waals surface area contributed by atoms with Gasteiger partial charge in [0.15, 0.2) is 11.5 Å². The molecule has 2 aliphatic rings. The predicted molar refractivity (Wildman–Crippen MR) is 139 cm³/mol. The molecule has 36 heavy (non-hydrogen) atoms. The molecule has 0 spiro atoms. The number of hydrogen-bond acceptors (Lipinski definition) is 6. The summed E-state index contributed by atoms with van der Waals surface area (Å²) in [6, 6.07) is 22.6. The van der Waals surface area contributed by atoms with Crippen LogP contribution in [-0.2, 0) is 0 Å². The van der Waals surface area contributed by atoms with E-state index in [1.54, 1.807) is 20.5 Å². The molecule has 4 aromatic rings. The summed E-state index contributed by atoms with van der Waals surface area (Å²) in [5.74, 6) is 3.29. The summed E-state index contributed by atoms with van der Waals surface area (Å²) in [7, 11) is 3.28. The highest BCUT2D eigenvalue weighted by Crippen LogP contribution is 2.51. The number of anilines is 1. The highest BCUT2D eigenvalue weighted by atomic mass is 16.5. The second-order valence-corrected chi connectivity index (χ2v) is 9.32. The minimum atomic E-state index is -0.380. The number of hydrogen-bond donors (Lipinski definition) is 1. The maximum absolute atomic E-state index is 6.71. The molecule has 2 aliphatic heterocycles. The van der Waals surface area contributed by atoms with Gasteiger partial charge >= 0.3 is 0 Å². The van der Waals surface area contributed by atoms with E-state index < -0.39 is 0 Å². The summed E-state index contributed by atoms with van der Waals surface area (Å²) in [6.45, 7) is 4.41. The van der Waals surface area contributed by atoms with Crippen molar-refractivity contribution >= 4 is 11.6 Å². The van der Waals surface area contributed by atoms with Crippen molar-refractivity contribution in [1.29, 1.82) is 0 Å². The van der Waals surface area contributed by atoms with E-state index >= 15 is 0 Å². The molecule has 1 aromatic heterocycles. The monoisotopic (exact) mass is 480 g/mol. The number of aromatic nitrogens is 3. The van der Waals surface area contributed by atoms with E-state index in [2.05, 4.69) is 59.6 Å². The molecule has 0 amide bonds. The molecule has 2 atom stereocenters. The number of benzene rings is 3. The first-order valence-corrected chi connectivity index (χ1v) is 12.1. The summed E-state index contributed by atoms with van der Waals surface area (Å²) in [5.41, 5.74) is 6.44. The van der Waals surface area contributed by atoms with Gasteiger partial charge in [-0.3, -0.25) is 0 Å². The quantitative estimate of drug-likeness (QED) is 0.379. The minimum Gasteiger partial charge on any atom is -0.493 e. The van der Waals surface area contributed by atoms with E-state index in [9.17, 15) is 0 Å². The van der Waals surface area contributed by atoms with Crippen LogP contribution >= 0.6 is 0 Å². The molecule has 2 unspecified atom stereocenters. The van der Waals surface area contributed by atoms with Gasteiger partial charge in [-0.1, -0.05) is 56.3 Å². The molecule has 1 N–H and O–H groups in total. The van der Waals surface area contributed by atoms with Gasteiger partial charge < -0.3 is 19.5 Å². The van der Waals surface area contributed by atoms with Crippen LogP contribution in [0.15, 0.2) is 78.6 Å². The van der Waals surface area contributed by atoms with Crippen molar-refractivity contribution in [1.82, 2.24) is 14.8 Å². The lowest BCUT2D eigenvalue weighted by Gasteiger charge is -2.39. The summed E-state index contributed by atoms with van der Waals surface area (Å²) in [5, 5.41) is 8.17. The highest BCUT2D eigenvalue weighted by Gasteiger charge is 2.41. The molecule has 0 saturated carbocycles. The molecule has 0 radical (unpaired) electrons. The molecule has 7 nitrogen and oxygen atoms in total. The van der Waals surface area contributed by atoms with Crippen molar-refractivity contribution < 1.29 is 14.2 Å². The fourth-order valence-electron chi connectivity index (χ4n) is 5.09. The van der Waals surface area contributed by atoms with Crippen LogP contribution in [0.2, 0.25) is 0 Å². The van der Waals surface area contributed by atoms with Crippen LogP contribution in [0.5, 0.6) is 17.2 Å². The standard InChI is InChI=1S/C29H28N4O3/c1-17(2)18-9-11-19(12-10-18)27-25-26(32-29-30-16-31-33(27)29)21-7-5-6-8-22(21)36-28(25)20-13-14-23(34-3)24(15-20)35-4/h5-17,27-28H,1-4H3,(H,30,31,32). The number of fused-ring (bicyclic) bond motifs is 3. The summed E-state index contributed by atoms with van der Waals surface area (Å²) >= 11 is 0. The van der Waals surface area contributed by atoms with Gasteiger partial charge in [-0.2, -0.15) is 10.1 Å². The summed E-state index contributed by atoms with van der Waals surface area (Å²) in [6.07, 6.45) is 1.21. The summed E-state index contributed by atoms with van der Waals surface area (Å²) in [4.78, 5) is 4.52. The smallest absolute Gasteiger partial charge is 0.226 e. The Labute approximate surface area is 210 Å². The van der Waals surface area contributed by atoms with Crippen LogP contribution in [0.3, 0.4) is 0 Å². The van der Waals surface area contributed by atoms with Gasteiger partial charge in [-0.25, -0.2) is 4.68 Å². The first-order chi connectivity index (χ1) is 17.6. The maximum Gasteiger partial charge on any atom is 0.226 e. The fourth-order valence-corrected chi connectivity index (χ4v) is 5.09. The lowest BCUT2D eigenvalue weighted by atomic mass is 9.84. The number of rotatable bonds is 5. The Hall–Kier alpha value is -4.26. The molecular formula is C29H28N4O3. The number of ether oxygens (including phenoxy) is 3. The van der Waals surface area contributed by atoms with Crippen molar-refractivity contribution in [2.45, 2.75) is 31.9 Å². The Morgan fingerprint density at radius 3 is 2.42 bits per heavy atom. The van der Waals surface area contributed by atoms with Crippen LogP contribution in [0, 0.1) is 0 Å². The van der Waals surface area contributed by atoms with E-state index in [0.29, 0.717) is 23.4 Å². The zero-order valence-electron chi connectivity index (χ0n) is 20.7. The first kappa shape index (κ1) is 22.2. The zero-order chi connectivity index (χ0) is 24.8. The van der Waals surface area contributed by atoms with Crippen molar-refractivity contribution in [2.24, 2.45) is 0 Å². The predicted octanol–water partition coefficient (Wildman–Crippen LogP) is 5.98. The Kier molecular flexibility index (Phi) is 5.40. The van der Waals surface area contributed by atoms with E-state index in [1.165, 1.54) is 5.56 Å². The molecular weight excluding hydrogens is 452 g/mol. The fraction of sp³-hybridized carbons (Fsp3) is 0.241. The normalized spacial score (nSPS) is 18.0. The van der Waals surface area contributed by atoms with Crippen molar-refractivity contribution in [3.63, 3.8) is 0 Å². The Morgan fingerprint density at radius 1 is 0.917 bits per heavy atom. The average molecular weight is 481 g/mol. The van der Waals surface area contributed by atoms with Crippen LogP contribution in [-0.4, -0.2) is 29.0 Å². The van der Waals surface area contributed by atoms with E-state index in [0.717, 1.165) is 33.7 Å². The molecule has 6 rings (SSSR count). The van der Waals surface area contributed by atoms with Gasteiger partial charge in [0.2, 0.25) is 5.95 Å². The Bertz CT molecular complexity index is 1460. The third-order valence-electron chi connectivity index (χ3n) is 6.95. The zero-order valence-corrected chi connectivity index (χ0v) is 20.7. The van der Waals surface area contributed by atoms with E-state index in [-0.39, 0.29) is 12.1 Å². The number of nitrogens with one attached hydrogen (secondary N) is 1. The molecule has 3 aromatic carbocycles. The lowest BCUT2D eigenvalue weighted by molar-refractivity contribution is 0.222. The lowest BCUT2D eigenvalue weighted by Crippen LogP contribution is -2.32. The van der Waals surface area contributed by atoms with Gasteiger partial charge in [-0.15, -0.1) is 0 Å². The molecule has 0 saturated heterocycles. The molecule has 0 bridgehead atoms. The second-order valence-electron chi connectivity index (χ2n) is 9.32. The van der Waals surface area contributed by atoms with Crippen molar-refractivity contribution in [2.75, 3.05) is 19.5 Å². The van der Waals surface area contributed by atoms with Crippen molar-refractivity contribution in [3.8, 4) is 17.2 Å². The molecule has 7 heteroatoms. The van der Waals surface area contributed by atoms with Crippen LogP contribution in [0.4, 0.5) is 5.95 Å². The Balaban J connectivity index is 1.58. The summed E-state index contributed by atoms with van der Waals surface area (Å²) < 4.78 is 19.8. The Morgan fingerprint density at radius 2 is 1.67 bits per heavy atom. The maximum atomic E-state index is 6.71. The topological polar surface area (TPSA) is 70.4 Å². The van der Waals surface area contributed by atoms with Crippen LogP contribution in [0.1, 0.15) is 54.2 Å². The molecule has 0 fully saturated rings. The third kappa shape index (κ3) is 3.50. The van der Waals surface area contributed by atoms with Gasteiger partial charge in [0.05, 0.1) is 19.9 Å². The molecule has 0 aliphatic carbocycles. The molecule has 182 valence electrons. The SMILES string of the molecule is COc1ccc(C2Oc3ccccc3C3=C2C(c2ccc(C(C)C)cc2)n2ncnc2N3)cc1OC. The van der Waals surface area contributed by atoms with E-state index in [4.69, 9.17) is 14.2 Å². The second kappa shape index (κ2) is 8.75. The average Bonchev–Trinajstić information content (AvgIpc) is 3.39. The highest BCUT2D eigenvalue weighted by molar-refractivity contribution is 5.85. The van der Waals surface area contributed by atoms with Crippen LogP contribution in [0.25, 0.3) is 5.70 Å². The molecule has 3 heterocycles. The van der Waals surface area contributed by atoms with Crippen LogP contribution < -0.4 is 19.5 Å². The minimum absolute atomic E-state index is 0.202. The first-order valence-electron chi connectivity index (χ1n) is 12.1.